The Morgan fingerprint density at radius 1 is 1.64 bits per heavy atom. The van der Waals surface area contributed by atoms with Crippen molar-refractivity contribution >= 4 is 27.5 Å². The number of hydrogen-bond donors (Lipinski definition) is 2. The standard InChI is InChI=1S/C10H10BrNO2/c1-2-10(14)12-9-4-3-8(11)5-7(9)6-13/h2-5,13H,1,6H2,(H,12,14). The fourth-order valence-electron chi connectivity index (χ4n) is 0.999. The molecule has 0 aliphatic heterocycles. The number of rotatable bonds is 3. The summed E-state index contributed by atoms with van der Waals surface area (Å²) in [7, 11) is 0. The number of amides is 1. The zero-order valence-electron chi connectivity index (χ0n) is 7.46. The number of carbonyl (C=O) groups is 1. The monoisotopic (exact) mass is 255 g/mol. The molecule has 74 valence electrons. The summed E-state index contributed by atoms with van der Waals surface area (Å²) in [6, 6.07) is 5.26. The van der Waals surface area contributed by atoms with E-state index in [4.69, 9.17) is 5.11 Å². The van der Waals surface area contributed by atoms with Crippen LogP contribution < -0.4 is 5.32 Å². The summed E-state index contributed by atoms with van der Waals surface area (Å²) in [6.45, 7) is 3.23. The highest BCUT2D eigenvalue weighted by molar-refractivity contribution is 9.10. The van der Waals surface area contributed by atoms with Crippen molar-refractivity contribution in [2.75, 3.05) is 5.32 Å². The smallest absolute Gasteiger partial charge is 0.247 e. The van der Waals surface area contributed by atoms with Gasteiger partial charge in [-0.05, 0) is 24.3 Å². The quantitative estimate of drug-likeness (QED) is 0.813. The number of hydrogen-bond acceptors (Lipinski definition) is 2. The number of carbonyl (C=O) groups excluding carboxylic acids is 1. The lowest BCUT2D eigenvalue weighted by Gasteiger charge is -2.07. The van der Waals surface area contributed by atoms with Crippen molar-refractivity contribution in [1.29, 1.82) is 0 Å². The van der Waals surface area contributed by atoms with Crippen molar-refractivity contribution in [3.05, 3.63) is 40.9 Å². The second kappa shape index (κ2) is 4.93. The molecule has 1 aromatic rings. The molecule has 14 heavy (non-hydrogen) atoms. The Morgan fingerprint density at radius 3 is 2.93 bits per heavy atom. The zero-order chi connectivity index (χ0) is 10.6. The number of aliphatic hydroxyl groups excluding tert-OH is 1. The second-order valence-corrected chi connectivity index (χ2v) is 3.57. The third-order valence-electron chi connectivity index (χ3n) is 1.68. The van der Waals surface area contributed by atoms with Crippen LogP contribution in [0.15, 0.2) is 35.3 Å². The van der Waals surface area contributed by atoms with E-state index in [1.165, 1.54) is 6.08 Å². The Kier molecular flexibility index (Phi) is 3.85. The number of nitrogens with one attached hydrogen (secondary N) is 1. The Bertz CT molecular complexity index is 363. The molecule has 0 saturated carbocycles. The molecule has 0 radical (unpaired) electrons. The molecular formula is C10H10BrNO2. The molecule has 0 bridgehead atoms. The Labute approximate surface area is 90.6 Å². The van der Waals surface area contributed by atoms with Gasteiger partial charge in [-0.25, -0.2) is 0 Å². The first-order valence-corrected chi connectivity index (χ1v) is 4.79. The molecule has 0 aliphatic carbocycles. The van der Waals surface area contributed by atoms with Gasteiger partial charge in [0.15, 0.2) is 0 Å². The molecule has 0 saturated heterocycles. The molecule has 0 atom stereocenters. The largest absolute Gasteiger partial charge is 0.392 e. The lowest BCUT2D eigenvalue weighted by atomic mass is 10.2. The Hall–Kier alpha value is -1.13. The zero-order valence-corrected chi connectivity index (χ0v) is 9.04. The summed E-state index contributed by atoms with van der Waals surface area (Å²) in [6.07, 6.45) is 1.18. The molecule has 1 rings (SSSR count). The van der Waals surface area contributed by atoms with Gasteiger partial charge >= 0.3 is 0 Å². The van der Waals surface area contributed by atoms with Gasteiger partial charge in [-0.1, -0.05) is 22.5 Å². The molecule has 4 heteroatoms. The van der Waals surface area contributed by atoms with Crippen LogP contribution in [0.3, 0.4) is 0 Å². The van der Waals surface area contributed by atoms with Crippen LogP contribution in [-0.4, -0.2) is 11.0 Å². The lowest BCUT2D eigenvalue weighted by Crippen LogP contribution is -2.09. The van der Waals surface area contributed by atoms with Gasteiger partial charge in [0.25, 0.3) is 0 Å². The van der Waals surface area contributed by atoms with Crippen LogP contribution in [0.5, 0.6) is 0 Å². The van der Waals surface area contributed by atoms with E-state index in [9.17, 15) is 4.79 Å². The fraction of sp³-hybridized carbons (Fsp3) is 0.100. The maximum Gasteiger partial charge on any atom is 0.247 e. The van der Waals surface area contributed by atoms with Crippen molar-refractivity contribution in [2.45, 2.75) is 6.61 Å². The van der Waals surface area contributed by atoms with Crippen LogP contribution in [0, 0.1) is 0 Å². The molecule has 0 spiro atoms. The van der Waals surface area contributed by atoms with Crippen molar-refractivity contribution < 1.29 is 9.90 Å². The Morgan fingerprint density at radius 2 is 2.36 bits per heavy atom. The van der Waals surface area contributed by atoms with E-state index in [-0.39, 0.29) is 12.5 Å². The first kappa shape index (κ1) is 10.9. The Balaban J connectivity index is 2.96. The van der Waals surface area contributed by atoms with Crippen molar-refractivity contribution in [3.63, 3.8) is 0 Å². The molecular weight excluding hydrogens is 246 g/mol. The first-order chi connectivity index (χ1) is 6.67. The molecule has 0 heterocycles. The third kappa shape index (κ3) is 2.68. The van der Waals surface area contributed by atoms with Crippen LogP contribution in [-0.2, 0) is 11.4 Å². The van der Waals surface area contributed by atoms with E-state index in [0.717, 1.165) is 4.47 Å². The average molecular weight is 256 g/mol. The third-order valence-corrected chi connectivity index (χ3v) is 2.17. The van der Waals surface area contributed by atoms with Crippen LogP contribution in [0.1, 0.15) is 5.56 Å². The number of anilines is 1. The lowest BCUT2D eigenvalue weighted by molar-refractivity contribution is -0.111. The molecule has 0 unspecified atom stereocenters. The van der Waals surface area contributed by atoms with Gasteiger partial charge in [-0.3, -0.25) is 4.79 Å². The SMILES string of the molecule is C=CC(=O)Nc1ccc(Br)cc1CO. The number of halogens is 1. The summed E-state index contributed by atoms with van der Waals surface area (Å²) in [5, 5.41) is 11.6. The van der Waals surface area contributed by atoms with Crippen LogP contribution >= 0.6 is 15.9 Å². The van der Waals surface area contributed by atoms with Gasteiger partial charge in [-0.2, -0.15) is 0 Å². The summed E-state index contributed by atoms with van der Waals surface area (Å²) in [4.78, 5) is 11.0. The highest BCUT2D eigenvalue weighted by atomic mass is 79.9. The van der Waals surface area contributed by atoms with Crippen LogP contribution in [0.2, 0.25) is 0 Å². The minimum Gasteiger partial charge on any atom is -0.392 e. The maximum atomic E-state index is 11.0. The summed E-state index contributed by atoms with van der Waals surface area (Å²) >= 11 is 3.28. The molecule has 0 aliphatic rings. The van der Waals surface area contributed by atoms with Crippen molar-refractivity contribution in [1.82, 2.24) is 0 Å². The van der Waals surface area contributed by atoms with E-state index < -0.39 is 0 Å². The molecule has 0 fully saturated rings. The second-order valence-electron chi connectivity index (χ2n) is 2.65. The van der Waals surface area contributed by atoms with E-state index in [0.29, 0.717) is 11.3 Å². The topological polar surface area (TPSA) is 49.3 Å². The minimum atomic E-state index is -0.290. The van der Waals surface area contributed by atoms with E-state index >= 15 is 0 Å². The predicted octanol–water partition coefficient (Wildman–Crippen LogP) is 2.07. The van der Waals surface area contributed by atoms with Gasteiger partial charge in [0.2, 0.25) is 5.91 Å². The summed E-state index contributed by atoms with van der Waals surface area (Å²) in [5.41, 5.74) is 1.26. The maximum absolute atomic E-state index is 11.0. The molecule has 0 aromatic heterocycles. The highest BCUT2D eigenvalue weighted by Crippen LogP contribution is 2.20. The first-order valence-electron chi connectivity index (χ1n) is 4.00. The van der Waals surface area contributed by atoms with Crippen LogP contribution in [0.4, 0.5) is 5.69 Å². The van der Waals surface area contributed by atoms with Gasteiger partial charge in [-0.15, -0.1) is 0 Å². The van der Waals surface area contributed by atoms with E-state index in [1.807, 2.05) is 0 Å². The molecule has 3 nitrogen and oxygen atoms in total. The van der Waals surface area contributed by atoms with Crippen molar-refractivity contribution in [2.24, 2.45) is 0 Å². The normalized spacial score (nSPS) is 9.57. The van der Waals surface area contributed by atoms with Gasteiger partial charge in [0.1, 0.15) is 0 Å². The molecule has 1 amide bonds. The summed E-state index contributed by atoms with van der Waals surface area (Å²) in [5.74, 6) is -0.290. The van der Waals surface area contributed by atoms with Gasteiger partial charge in [0, 0.05) is 15.7 Å². The predicted molar refractivity (Wildman–Crippen MR) is 58.9 cm³/mol. The van der Waals surface area contributed by atoms with Crippen LogP contribution in [0.25, 0.3) is 0 Å². The number of benzene rings is 1. The summed E-state index contributed by atoms with van der Waals surface area (Å²) < 4.78 is 0.859. The van der Waals surface area contributed by atoms with Gasteiger partial charge in [0.05, 0.1) is 6.61 Å². The number of aliphatic hydroxyl groups is 1. The van der Waals surface area contributed by atoms with Gasteiger partial charge < -0.3 is 10.4 Å². The van der Waals surface area contributed by atoms with E-state index in [1.54, 1.807) is 18.2 Å². The van der Waals surface area contributed by atoms with E-state index in [2.05, 4.69) is 27.8 Å². The molecule has 2 N–H and O–H groups in total. The minimum absolute atomic E-state index is 0.119. The van der Waals surface area contributed by atoms with Crippen molar-refractivity contribution in [3.8, 4) is 0 Å². The highest BCUT2D eigenvalue weighted by Gasteiger charge is 2.03. The fourth-order valence-corrected chi connectivity index (χ4v) is 1.41. The average Bonchev–Trinajstić information content (AvgIpc) is 2.20. The molecule has 1 aromatic carbocycles.